The van der Waals surface area contributed by atoms with Gasteiger partial charge in [-0.15, -0.1) is 11.6 Å². The molecule has 2 aliphatic rings. The lowest BCUT2D eigenvalue weighted by molar-refractivity contribution is -0.123. The summed E-state index contributed by atoms with van der Waals surface area (Å²) in [6.45, 7) is 1.32. The number of aliphatic hydroxyl groups is 1. The van der Waals surface area contributed by atoms with E-state index in [1.54, 1.807) is 0 Å². The maximum Gasteiger partial charge on any atom is 0.234 e. The predicted molar refractivity (Wildman–Crippen MR) is 81.1 cm³/mol. The molecule has 2 heterocycles. The fourth-order valence-electron chi connectivity index (χ4n) is 3.13. The van der Waals surface area contributed by atoms with Gasteiger partial charge in [0.15, 0.2) is 9.84 Å². The molecule has 2 N–H and O–H groups in total. The molecule has 2 rings (SSSR count). The van der Waals surface area contributed by atoms with Crippen molar-refractivity contribution >= 4 is 27.3 Å². The monoisotopic (exact) mass is 338 g/mol. The van der Waals surface area contributed by atoms with Gasteiger partial charge in [0.2, 0.25) is 5.91 Å². The van der Waals surface area contributed by atoms with Crippen LogP contribution in [-0.2, 0) is 14.6 Å². The standard InChI is InChI=1S/C13H23ClN2O4S/c14-11-8-21(19,20)9-12(11)15-13(18)7-16-5-1-3-10(16)4-2-6-17/h10-12,17H,1-9H2,(H,15,18). The highest BCUT2D eigenvalue weighted by atomic mass is 35.5. The lowest BCUT2D eigenvalue weighted by Gasteiger charge is -2.24. The highest BCUT2D eigenvalue weighted by Crippen LogP contribution is 2.21. The summed E-state index contributed by atoms with van der Waals surface area (Å²) in [5.41, 5.74) is 0. The van der Waals surface area contributed by atoms with Gasteiger partial charge < -0.3 is 10.4 Å². The number of carbonyl (C=O) groups excluding carboxylic acids is 1. The summed E-state index contributed by atoms with van der Waals surface area (Å²) in [6, 6.07) is -0.148. The molecule has 8 heteroatoms. The number of amides is 1. The lowest BCUT2D eigenvalue weighted by Crippen LogP contribution is -2.46. The first kappa shape index (κ1) is 17.0. The van der Waals surface area contributed by atoms with Crippen LogP contribution in [0.15, 0.2) is 0 Å². The SMILES string of the molecule is O=C(CN1CCCC1CCCO)NC1CS(=O)(=O)CC1Cl. The van der Waals surface area contributed by atoms with Gasteiger partial charge in [-0.05, 0) is 32.2 Å². The predicted octanol–water partition coefficient (Wildman–Crippen LogP) is -0.256. The van der Waals surface area contributed by atoms with Crippen molar-refractivity contribution in [2.75, 3.05) is 31.2 Å². The van der Waals surface area contributed by atoms with Gasteiger partial charge in [-0.2, -0.15) is 0 Å². The molecular formula is C13H23ClN2O4S. The highest BCUT2D eigenvalue weighted by Gasteiger charge is 2.37. The molecule has 2 fully saturated rings. The number of nitrogens with zero attached hydrogens (tertiary/aromatic N) is 1. The molecule has 0 spiro atoms. The first-order valence-electron chi connectivity index (χ1n) is 7.40. The van der Waals surface area contributed by atoms with E-state index in [0.29, 0.717) is 6.04 Å². The smallest absolute Gasteiger partial charge is 0.234 e. The van der Waals surface area contributed by atoms with Crippen LogP contribution < -0.4 is 5.32 Å². The Morgan fingerprint density at radius 1 is 1.38 bits per heavy atom. The minimum atomic E-state index is -3.13. The largest absolute Gasteiger partial charge is 0.396 e. The molecule has 0 aromatic heterocycles. The molecule has 122 valence electrons. The fraction of sp³-hybridized carbons (Fsp3) is 0.923. The number of halogens is 1. The molecule has 21 heavy (non-hydrogen) atoms. The van der Waals surface area contributed by atoms with Crippen LogP contribution in [0.4, 0.5) is 0 Å². The molecule has 0 bridgehead atoms. The third-order valence-electron chi connectivity index (χ3n) is 4.17. The minimum absolute atomic E-state index is 0.0671. The van der Waals surface area contributed by atoms with Gasteiger partial charge in [-0.1, -0.05) is 0 Å². The quantitative estimate of drug-likeness (QED) is 0.652. The zero-order chi connectivity index (χ0) is 15.5. The number of nitrogens with one attached hydrogen (secondary N) is 1. The Morgan fingerprint density at radius 3 is 2.76 bits per heavy atom. The highest BCUT2D eigenvalue weighted by molar-refractivity contribution is 7.91. The van der Waals surface area contributed by atoms with Crippen molar-refractivity contribution < 1.29 is 18.3 Å². The Balaban J connectivity index is 1.81. The van der Waals surface area contributed by atoms with Crippen molar-refractivity contribution in [2.45, 2.75) is 43.1 Å². The lowest BCUT2D eigenvalue weighted by atomic mass is 10.1. The third kappa shape index (κ3) is 4.81. The summed E-state index contributed by atoms with van der Waals surface area (Å²) >= 11 is 5.99. The van der Waals surface area contributed by atoms with Crippen LogP contribution in [0.2, 0.25) is 0 Å². The van der Waals surface area contributed by atoms with E-state index in [9.17, 15) is 13.2 Å². The third-order valence-corrected chi connectivity index (χ3v) is 6.55. The molecule has 6 nitrogen and oxygen atoms in total. The van der Waals surface area contributed by atoms with Crippen LogP contribution in [-0.4, -0.2) is 73.0 Å². The van der Waals surface area contributed by atoms with Gasteiger partial charge in [0, 0.05) is 12.6 Å². The number of alkyl halides is 1. The molecule has 2 saturated heterocycles. The topological polar surface area (TPSA) is 86.7 Å². The molecule has 3 atom stereocenters. The van der Waals surface area contributed by atoms with Crippen LogP contribution in [0, 0.1) is 0 Å². The number of rotatable bonds is 6. The van der Waals surface area contributed by atoms with E-state index in [1.165, 1.54) is 0 Å². The van der Waals surface area contributed by atoms with Gasteiger partial charge in [-0.3, -0.25) is 9.69 Å². The van der Waals surface area contributed by atoms with E-state index in [-0.39, 0.29) is 30.6 Å². The fourth-order valence-corrected chi connectivity index (χ4v) is 5.68. The molecule has 0 aromatic carbocycles. The van der Waals surface area contributed by atoms with E-state index in [0.717, 1.165) is 32.2 Å². The Morgan fingerprint density at radius 2 is 2.14 bits per heavy atom. The minimum Gasteiger partial charge on any atom is -0.396 e. The van der Waals surface area contributed by atoms with Crippen molar-refractivity contribution in [1.29, 1.82) is 0 Å². The van der Waals surface area contributed by atoms with Crippen LogP contribution >= 0.6 is 11.6 Å². The van der Waals surface area contributed by atoms with E-state index in [2.05, 4.69) is 10.2 Å². The van der Waals surface area contributed by atoms with Gasteiger partial charge in [0.25, 0.3) is 0 Å². The Labute approximate surface area is 130 Å². The van der Waals surface area contributed by atoms with Gasteiger partial charge >= 0.3 is 0 Å². The van der Waals surface area contributed by atoms with E-state index >= 15 is 0 Å². The van der Waals surface area contributed by atoms with Gasteiger partial charge in [-0.25, -0.2) is 8.42 Å². The molecule has 0 radical (unpaired) electrons. The first-order valence-corrected chi connectivity index (χ1v) is 9.66. The molecule has 0 saturated carbocycles. The van der Waals surface area contributed by atoms with Crippen LogP contribution in [0.25, 0.3) is 0 Å². The zero-order valence-electron chi connectivity index (χ0n) is 12.0. The van der Waals surface area contributed by atoms with Crippen molar-refractivity contribution in [3.05, 3.63) is 0 Å². The normalized spacial score (nSPS) is 32.4. The molecular weight excluding hydrogens is 316 g/mol. The average molecular weight is 339 g/mol. The van der Waals surface area contributed by atoms with Crippen LogP contribution in [0.3, 0.4) is 0 Å². The number of hydrogen-bond acceptors (Lipinski definition) is 5. The number of sulfone groups is 1. The average Bonchev–Trinajstić information content (AvgIpc) is 2.91. The molecule has 1 amide bonds. The molecule has 0 aliphatic carbocycles. The molecule has 3 unspecified atom stereocenters. The zero-order valence-corrected chi connectivity index (χ0v) is 13.6. The Hall–Kier alpha value is -0.370. The summed E-state index contributed by atoms with van der Waals surface area (Å²) in [5.74, 6) is -0.304. The maximum absolute atomic E-state index is 12.1. The van der Waals surface area contributed by atoms with Crippen molar-refractivity contribution in [3.63, 3.8) is 0 Å². The number of aliphatic hydroxyl groups excluding tert-OH is 1. The van der Waals surface area contributed by atoms with Crippen LogP contribution in [0.1, 0.15) is 25.7 Å². The summed E-state index contributed by atoms with van der Waals surface area (Å²) in [4.78, 5) is 14.2. The second-order valence-corrected chi connectivity index (χ2v) is 8.61. The number of likely N-dealkylation sites (tertiary alicyclic amines) is 1. The number of hydrogen-bond donors (Lipinski definition) is 2. The number of carbonyl (C=O) groups is 1. The van der Waals surface area contributed by atoms with Gasteiger partial charge in [0.1, 0.15) is 0 Å². The van der Waals surface area contributed by atoms with Gasteiger partial charge in [0.05, 0.1) is 29.5 Å². The van der Waals surface area contributed by atoms with E-state index in [1.807, 2.05) is 0 Å². The van der Waals surface area contributed by atoms with Crippen molar-refractivity contribution in [3.8, 4) is 0 Å². The molecule has 0 aromatic rings. The second-order valence-electron chi connectivity index (χ2n) is 5.90. The summed E-state index contributed by atoms with van der Waals surface area (Å²) in [6.07, 6.45) is 3.73. The Bertz CT molecular complexity index is 471. The maximum atomic E-state index is 12.1. The second kappa shape index (κ2) is 7.26. The molecule has 2 aliphatic heterocycles. The summed E-state index contributed by atoms with van der Waals surface area (Å²) < 4.78 is 23.0. The first-order chi connectivity index (χ1) is 9.91. The summed E-state index contributed by atoms with van der Waals surface area (Å²) in [5, 5.41) is 11.1. The van der Waals surface area contributed by atoms with E-state index < -0.39 is 21.3 Å². The van der Waals surface area contributed by atoms with Crippen molar-refractivity contribution in [1.82, 2.24) is 10.2 Å². The Kier molecular flexibility index (Phi) is 5.88. The summed E-state index contributed by atoms with van der Waals surface area (Å²) in [7, 11) is -3.13. The van der Waals surface area contributed by atoms with Crippen molar-refractivity contribution in [2.24, 2.45) is 0 Å². The van der Waals surface area contributed by atoms with Crippen LogP contribution in [0.5, 0.6) is 0 Å². The van der Waals surface area contributed by atoms with E-state index in [4.69, 9.17) is 16.7 Å².